The molecule has 0 bridgehead atoms. The van der Waals surface area contributed by atoms with Crippen molar-refractivity contribution in [2.45, 2.75) is 19.3 Å². The van der Waals surface area contributed by atoms with E-state index in [-0.39, 0.29) is 0 Å². The van der Waals surface area contributed by atoms with Crippen molar-refractivity contribution in [3.05, 3.63) is 35.2 Å². The van der Waals surface area contributed by atoms with Gasteiger partial charge in [-0.2, -0.15) is 5.10 Å². The van der Waals surface area contributed by atoms with Crippen molar-refractivity contribution < 1.29 is 9.47 Å². The van der Waals surface area contributed by atoms with Crippen LogP contribution in [0.25, 0.3) is 0 Å². The third kappa shape index (κ3) is 5.33. The van der Waals surface area contributed by atoms with Crippen molar-refractivity contribution >= 4 is 45.6 Å². The summed E-state index contributed by atoms with van der Waals surface area (Å²) in [6, 6.07) is 9.76. The molecule has 8 heteroatoms. The van der Waals surface area contributed by atoms with Gasteiger partial charge >= 0.3 is 0 Å². The van der Waals surface area contributed by atoms with E-state index in [0.717, 1.165) is 23.7 Å². The van der Waals surface area contributed by atoms with Crippen LogP contribution < -0.4 is 25.1 Å². The number of anilines is 2. The largest absolute Gasteiger partial charge is 0.493 e. The Morgan fingerprint density at radius 3 is 2.63 bits per heavy atom. The monoisotopic (exact) mass is 404 g/mol. The summed E-state index contributed by atoms with van der Waals surface area (Å²) in [5.41, 5.74) is 3.64. The molecule has 1 aliphatic heterocycles. The van der Waals surface area contributed by atoms with Crippen LogP contribution in [0.3, 0.4) is 0 Å². The SMILES string of the molecule is COc1ccc(NC(=S)N/N=C\c2ccc(N3CCCCC3)s2)cc1OC. The molecule has 0 atom stereocenters. The van der Waals surface area contributed by atoms with Crippen LogP contribution in [-0.2, 0) is 0 Å². The van der Waals surface area contributed by atoms with Crippen molar-refractivity contribution in [1.29, 1.82) is 0 Å². The second kappa shape index (κ2) is 9.57. The van der Waals surface area contributed by atoms with Crippen LogP contribution in [0.2, 0.25) is 0 Å². The summed E-state index contributed by atoms with van der Waals surface area (Å²) in [6.45, 7) is 2.29. The molecule has 0 radical (unpaired) electrons. The molecule has 6 nitrogen and oxygen atoms in total. The van der Waals surface area contributed by atoms with Crippen LogP contribution in [0.1, 0.15) is 24.1 Å². The summed E-state index contributed by atoms with van der Waals surface area (Å²) < 4.78 is 10.5. The average molecular weight is 405 g/mol. The molecule has 3 rings (SSSR count). The van der Waals surface area contributed by atoms with Crippen molar-refractivity contribution in [3.63, 3.8) is 0 Å². The molecular formula is C19H24N4O2S2. The van der Waals surface area contributed by atoms with Gasteiger partial charge in [0.05, 0.1) is 25.4 Å². The molecule has 1 aromatic carbocycles. The van der Waals surface area contributed by atoms with Gasteiger partial charge in [-0.05, 0) is 55.7 Å². The number of ether oxygens (including phenoxy) is 2. The molecule has 1 aliphatic rings. The first kappa shape index (κ1) is 19.4. The molecule has 144 valence electrons. The Labute approximate surface area is 169 Å². The summed E-state index contributed by atoms with van der Waals surface area (Å²) in [5.74, 6) is 1.31. The number of thiocarbonyl (C=S) groups is 1. The predicted molar refractivity (Wildman–Crippen MR) is 117 cm³/mol. The van der Waals surface area contributed by atoms with Crippen LogP contribution in [0.5, 0.6) is 11.5 Å². The molecule has 27 heavy (non-hydrogen) atoms. The zero-order valence-corrected chi connectivity index (χ0v) is 17.2. The molecule has 0 saturated carbocycles. The third-order valence-corrected chi connectivity index (χ3v) is 5.55. The zero-order chi connectivity index (χ0) is 19.1. The number of thiophene rings is 1. The Kier molecular flexibility index (Phi) is 6.89. The number of methoxy groups -OCH3 is 2. The lowest BCUT2D eigenvalue weighted by atomic mass is 10.1. The number of hydrazone groups is 1. The first-order valence-electron chi connectivity index (χ1n) is 8.86. The molecule has 0 amide bonds. The summed E-state index contributed by atoms with van der Waals surface area (Å²) in [4.78, 5) is 3.54. The molecule has 0 spiro atoms. The Hall–Kier alpha value is -2.32. The number of benzene rings is 1. The maximum absolute atomic E-state index is 5.29. The normalized spacial score (nSPS) is 14.2. The number of nitrogens with one attached hydrogen (secondary N) is 2. The van der Waals surface area contributed by atoms with E-state index in [4.69, 9.17) is 21.7 Å². The molecular weight excluding hydrogens is 380 g/mol. The van der Waals surface area contributed by atoms with Crippen molar-refractivity contribution in [1.82, 2.24) is 5.43 Å². The van der Waals surface area contributed by atoms with Crippen LogP contribution in [0.4, 0.5) is 10.7 Å². The fourth-order valence-electron chi connectivity index (χ4n) is 2.92. The second-order valence-electron chi connectivity index (χ2n) is 6.12. The van der Waals surface area contributed by atoms with Gasteiger partial charge in [0.1, 0.15) is 0 Å². The lowest BCUT2D eigenvalue weighted by Gasteiger charge is -2.27. The van der Waals surface area contributed by atoms with Crippen molar-refractivity contribution in [2.24, 2.45) is 5.10 Å². The van der Waals surface area contributed by atoms with Crippen molar-refractivity contribution in [2.75, 3.05) is 37.5 Å². The Morgan fingerprint density at radius 2 is 1.89 bits per heavy atom. The standard InChI is InChI=1S/C19H24N4O2S2/c1-24-16-8-6-14(12-17(16)25-2)21-19(26)22-20-13-15-7-9-18(27-15)23-10-4-3-5-11-23/h6-9,12-13H,3-5,10-11H2,1-2H3,(H2,21,22,26)/b20-13-. The number of piperidine rings is 1. The van der Waals surface area contributed by atoms with Gasteiger partial charge in [-0.1, -0.05) is 0 Å². The van der Waals surface area contributed by atoms with Gasteiger partial charge in [0.25, 0.3) is 0 Å². The lowest BCUT2D eigenvalue weighted by Crippen LogP contribution is -2.28. The minimum absolute atomic E-state index is 0.409. The Bertz CT molecular complexity index is 801. The maximum atomic E-state index is 5.29. The molecule has 1 aromatic heterocycles. The number of nitrogens with zero attached hydrogens (tertiary/aromatic N) is 2. The summed E-state index contributed by atoms with van der Waals surface area (Å²) in [5, 5.41) is 9.02. The number of rotatable bonds is 6. The van der Waals surface area contributed by atoms with Gasteiger partial charge < -0.3 is 19.7 Å². The van der Waals surface area contributed by atoms with E-state index in [0.29, 0.717) is 16.6 Å². The quantitative estimate of drug-likeness (QED) is 0.430. The molecule has 2 aromatic rings. The zero-order valence-electron chi connectivity index (χ0n) is 15.5. The van der Waals surface area contributed by atoms with Gasteiger partial charge in [0.15, 0.2) is 16.6 Å². The summed E-state index contributed by atoms with van der Waals surface area (Å²) in [6.07, 6.45) is 5.68. The lowest BCUT2D eigenvalue weighted by molar-refractivity contribution is 0.355. The maximum Gasteiger partial charge on any atom is 0.191 e. The van der Waals surface area contributed by atoms with E-state index in [9.17, 15) is 0 Å². The Balaban J connectivity index is 1.52. The van der Waals surface area contributed by atoms with Gasteiger partial charge in [-0.25, -0.2) is 0 Å². The summed E-state index contributed by atoms with van der Waals surface area (Å²) >= 11 is 7.03. The van der Waals surface area contributed by atoms with Gasteiger partial charge in [0, 0.05) is 29.7 Å². The Morgan fingerprint density at radius 1 is 1.11 bits per heavy atom. The fraction of sp³-hybridized carbons (Fsp3) is 0.368. The highest BCUT2D eigenvalue weighted by Crippen LogP contribution is 2.30. The fourth-order valence-corrected chi connectivity index (χ4v) is 4.02. The first-order chi connectivity index (χ1) is 13.2. The molecule has 0 aliphatic carbocycles. The highest BCUT2D eigenvalue weighted by molar-refractivity contribution is 7.80. The average Bonchev–Trinajstić information content (AvgIpc) is 3.17. The van der Waals surface area contributed by atoms with Crippen molar-refractivity contribution in [3.8, 4) is 11.5 Å². The van der Waals surface area contributed by atoms with Gasteiger partial charge in [-0.3, -0.25) is 5.43 Å². The second-order valence-corrected chi connectivity index (χ2v) is 7.62. The van der Waals surface area contributed by atoms with Crippen LogP contribution in [0.15, 0.2) is 35.4 Å². The van der Waals surface area contributed by atoms with E-state index >= 15 is 0 Å². The minimum atomic E-state index is 0.409. The predicted octanol–water partition coefficient (Wildman–Crippen LogP) is 4.08. The minimum Gasteiger partial charge on any atom is -0.493 e. The van der Waals surface area contributed by atoms with Gasteiger partial charge in [0.2, 0.25) is 0 Å². The van der Waals surface area contributed by atoms with E-state index < -0.39 is 0 Å². The van der Waals surface area contributed by atoms with E-state index in [1.54, 1.807) is 31.8 Å². The summed E-state index contributed by atoms with van der Waals surface area (Å²) in [7, 11) is 3.20. The van der Waals surface area contributed by atoms with Gasteiger partial charge in [-0.15, -0.1) is 11.3 Å². The smallest absolute Gasteiger partial charge is 0.191 e. The molecule has 1 fully saturated rings. The molecule has 0 unspecified atom stereocenters. The van der Waals surface area contributed by atoms with Crippen LogP contribution >= 0.6 is 23.6 Å². The molecule has 2 N–H and O–H groups in total. The molecule has 2 heterocycles. The van der Waals surface area contributed by atoms with Crippen LogP contribution in [0, 0.1) is 0 Å². The molecule has 1 saturated heterocycles. The third-order valence-electron chi connectivity index (χ3n) is 4.28. The first-order valence-corrected chi connectivity index (χ1v) is 10.1. The number of hydrogen-bond donors (Lipinski definition) is 2. The topological polar surface area (TPSA) is 58.1 Å². The van der Waals surface area contributed by atoms with E-state index in [1.807, 2.05) is 18.2 Å². The van der Waals surface area contributed by atoms with Crippen LogP contribution in [-0.4, -0.2) is 38.6 Å². The van der Waals surface area contributed by atoms with E-state index in [1.165, 1.54) is 24.3 Å². The highest BCUT2D eigenvalue weighted by atomic mass is 32.1. The number of hydrogen-bond acceptors (Lipinski definition) is 6. The van der Waals surface area contributed by atoms with E-state index in [2.05, 4.69) is 32.9 Å². The highest BCUT2D eigenvalue weighted by Gasteiger charge is 2.12.